The number of anilines is 1. The first-order valence-corrected chi connectivity index (χ1v) is 11.4. The Hall–Kier alpha value is -2.76. The van der Waals surface area contributed by atoms with Crippen LogP contribution in [0.4, 0.5) is 5.69 Å². The fraction of sp³-hybridized carbons (Fsp3) is 0.520. The molecule has 0 bridgehead atoms. The lowest BCUT2D eigenvalue weighted by molar-refractivity contribution is -0.137. The van der Waals surface area contributed by atoms with Crippen molar-refractivity contribution in [3.05, 3.63) is 52.3 Å². The fourth-order valence-corrected chi connectivity index (χ4v) is 4.96. The molecule has 2 amide bonds. The quantitative estimate of drug-likeness (QED) is 0.824. The van der Waals surface area contributed by atoms with Gasteiger partial charge in [0.1, 0.15) is 5.69 Å². The average Bonchev–Trinajstić information content (AvgIpc) is 3.12. The Kier molecular flexibility index (Phi) is 6.08. The van der Waals surface area contributed by atoms with E-state index < -0.39 is 0 Å². The highest BCUT2D eigenvalue weighted by Crippen LogP contribution is 2.25. The lowest BCUT2D eigenvalue weighted by Gasteiger charge is -2.40. The highest BCUT2D eigenvalue weighted by atomic mass is 16.2. The Morgan fingerprint density at radius 2 is 1.65 bits per heavy atom. The minimum Gasteiger partial charge on any atom is -0.368 e. The van der Waals surface area contributed by atoms with Crippen LogP contribution in [0.3, 0.4) is 0 Å². The van der Waals surface area contributed by atoms with Gasteiger partial charge in [0, 0.05) is 50.6 Å². The van der Waals surface area contributed by atoms with Gasteiger partial charge in [-0.25, -0.2) is 0 Å². The maximum absolute atomic E-state index is 13.3. The molecule has 31 heavy (non-hydrogen) atoms. The molecular weight excluding hydrogens is 388 g/mol. The zero-order valence-corrected chi connectivity index (χ0v) is 19.2. The number of hydrogen-bond donors (Lipinski definition) is 1. The van der Waals surface area contributed by atoms with Gasteiger partial charge in [0.25, 0.3) is 5.91 Å². The summed E-state index contributed by atoms with van der Waals surface area (Å²) in [5.74, 6) is 0.127. The highest BCUT2D eigenvalue weighted by Gasteiger charge is 2.33. The van der Waals surface area contributed by atoms with Crippen LogP contribution in [0.2, 0.25) is 0 Å². The second-order valence-electron chi connectivity index (χ2n) is 9.20. The van der Waals surface area contributed by atoms with E-state index in [-0.39, 0.29) is 17.7 Å². The molecule has 0 saturated carbocycles. The Morgan fingerprint density at radius 1 is 0.903 bits per heavy atom. The second kappa shape index (κ2) is 8.77. The van der Waals surface area contributed by atoms with E-state index in [1.54, 1.807) is 0 Å². The van der Waals surface area contributed by atoms with Gasteiger partial charge in [0.05, 0.1) is 5.92 Å². The third-order valence-corrected chi connectivity index (χ3v) is 6.72. The summed E-state index contributed by atoms with van der Waals surface area (Å²) < 4.78 is 0. The van der Waals surface area contributed by atoms with Gasteiger partial charge in [-0.1, -0.05) is 12.1 Å². The van der Waals surface area contributed by atoms with Crippen molar-refractivity contribution in [2.75, 3.05) is 44.2 Å². The molecular formula is C25H34N4O2. The molecule has 1 N–H and O–H groups in total. The molecule has 166 valence electrons. The molecule has 2 saturated heterocycles. The van der Waals surface area contributed by atoms with Crippen molar-refractivity contribution in [1.29, 1.82) is 0 Å². The Bertz CT molecular complexity index is 972. The van der Waals surface area contributed by atoms with Crippen molar-refractivity contribution in [1.82, 2.24) is 14.8 Å². The first kappa shape index (κ1) is 21.5. The summed E-state index contributed by atoms with van der Waals surface area (Å²) in [6.45, 7) is 12.6. The number of hydrogen-bond acceptors (Lipinski definition) is 3. The van der Waals surface area contributed by atoms with Crippen LogP contribution < -0.4 is 4.90 Å². The van der Waals surface area contributed by atoms with Crippen LogP contribution in [0.1, 0.15) is 45.7 Å². The molecule has 0 unspecified atom stereocenters. The van der Waals surface area contributed by atoms with Crippen LogP contribution >= 0.6 is 0 Å². The van der Waals surface area contributed by atoms with Crippen LogP contribution in [-0.4, -0.2) is 65.9 Å². The van der Waals surface area contributed by atoms with Gasteiger partial charge in [-0.05, 0) is 69.4 Å². The normalized spacial score (nSPS) is 19.6. The average molecular weight is 423 g/mol. The first-order chi connectivity index (χ1) is 14.8. The number of benzene rings is 1. The smallest absolute Gasteiger partial charge is 0.270 e. The number of nitrogens with zero attached hydrogens (tertiary/aromatic N) is 3. The molecule has 1 aromatic heterocycles. The summed E-state index contributed by atoms with van der Waals surface area (Å²) in [5.41, 5.74) is 6.44. The molecule has 2 aromatic rings. The zero-order valence-electron chi connectivity index (χ0n) is 19.2. The van der Waals surface area contributed by atoms with Crippen LogP contribution in [0.5, 0.6) is 0 Å². The van der Waals surface area contributed by atoms with Crippen molar-refractivity contribution in [3.63, 3.8) is 0 Å². The van der Waals surface area contributed by atoms with Crippen molar-refractivity contribution in [2.45, 2.75) is 40.5 Å². The number of likely N-dealkylation sites (tertiary alicyclic amines) is 1. The predicted octanol–water partition coefficient (Wildman–Crippen LogP) is 3.45. The molecule has 1 atom stereocenters. The Labute approximate surface area is 185 Å². The van der Waals surface area contributed by atoms with Gasteiger partial charge in [-0.3, -0.25) is 9.59 Å². The van der Waals surface area contributed by atoms with E-state index in [0.29, 0.717) is 12.2 Å². The summed E-state index contributed by atoms with van der Waals surface area (Å²) in [6, 6.07) is 8.55. The number of H-pyrrole nitrogens is 1. The first-order valence-electron chi connectivity index (χ1n) is 11.4. The number of aromatic amines is 1. The van der Waals surface area contributed by atoms with Crippen molar-refractivity contribution >= 4 is 17.5 Å². The number of aryl methyl sites for hydroxylation is 4. The minimum atomic E-state index is -0.0960. The Balaban J connectivity index is 1.37. The minimum absolute atomic E-state index is 0.0165. The van der Waals surface area contributed by atoms with Crippen LogP contribution in [-0.2, 0) is 4.79 Å². The predicted molar refractivity (Wildman–Crippen MR) is 124 cm³/mol. The molecule has 0 spiro atoms. The van der Waals surface area contributed by atoms with E-state index in [0.717, 1.165) is 56.8 Å². The Morgan fingerprint density at radius 3 is 2.32 bits per heavy atom. The van der Waals surface area contributed by atoms with E-state index in [9.17, 15) is 9.59 Å². The number of piperazine rings is 1. The molecule has 2 fully saturated rings. The summed E-state index contributed by atoms with van der Waals surface area (Å²) in [7, 11) is 0. The standard InChI is InChI=1S/C25H34N4O2/c1-17-7-8-18(2)22(14-17)27-10-12-28(13-11-27)24(30)21-6-5-9-29(16-21)25(31)23-19(3)15-20(4)26-23/h7-8,14-15,21,26H,5-6,9-13,16H2,1-4H3/t21-/m1/s1. The molecule has 6 nitrogen and oxygen atoms in total. The zero-order chi connectivity index (χ0) is 22.1. The number of carbonyl (C=O) groups excluding carboxylic acids is 2. The van der Waals surface area contributed by atoms with Crippen molar-refractivity contribution in [3.8, 4) is 0 Å². The number of amides is 2. The largest absolute Gasteiger partial charge is 0.368 e. The monoisotopic (exact) mass is 422 g/mol. The summed E-state index contributed by atoms with van der Waals surface area (Å²) in [6.07, 6.45) is 1.74. The molecule has 4 rings (SSSR count). The molecule has 3 heterocycles. The number of carbonyl (C=O) groups is 2. The van der Waals surface area contributed by atoms with Crippen molar-refractivity contribution < 1.29 is 9.59 Å². The van der Waals surface area contributed by atoms with Crippen LogP contribution in [0.25, 0.3) is 0 Å². The van der Waals surface area contributed by atoms with Gasteiger partial charge < -0.3 is 19.7 Å². The van der Waals surface area contributed by atoms with E-state index >= 15 is 0 Å². The summed E-state index contributed by atoms with van der Waals surface area (Å²) in [4.78, 5) is 35.7. The van der Waals surface area contributed by atoms with Gasteiger partial charge in [0.2, 0.25) is 5.91 Å². The molecule has 2 aliphatic heterocycles. The summed E-state index contributed by atoms with van der Waals surface area (Å²) in [5, 5.41) is 0. The van der Waals surface area contributed by atoms with Gasteiger partial charge >= 0.3 is 0 Å². The number of rotatable bonds is 3. The molecule has 6 heteroatoms. The van der Waals surface area contributed by atoms with Crippen LogP contribution in [0.15, 0.2) is 24.3 Å². The van der Waals surface area contributed by atoms with E-state index in [1.165, 1.54) is 16.8 Å². The molecule has 0 radical (unpaired) electrons. The third-order valence-electron chi connectivity index (χ3n) is 6.72. The molecule has 0 aliphatic carbocycles. The summed E-state index contributed by atoms with van der Waals surface area (Å²) >= 11 is 0. The lowest BCUT2D eigenvalue weighted by atomic mass is 9.95. The van der Waals surface area contributed by atoms with Gasteiger partial charge in [-0.2, -0.15) is 0 Å². The third kappa shape index (κ3) is 4.48. The van der Waals surface area contributed by atoms with E-state index in [1.807, 2.05) is 29.7 Å². The van der Waals surface area contributed by atoms with Crippen LogP contribution in [0, 0.1) is 33.6 Å². The SMILES string of the molecule is Cc1ccc(C)c(N2CCN(C(=O)[C@@H]3CCCN(C(=O)c4[nH]c(C)cc4C)C3)CC2)c1. The maximum atomic E-state index is 13.3. The molecule has 1 aromatic carbocycles. The number of aromatic nitrogens is 1. The lowest BCUT2D eigenvalue weighted by Crippen LogP contribution is -2.53. The maximum Gasteiger partial charge on any atom is 0.270 e. The van der Waals surface area contributed by atoms with Gasteiger partial charge in [0.15, 0.2) is 0 Å². The molecule has 2 aliphatic rings. The highest BCUT2D eigenvalue weighted by molar-refractivity contribution is 5.94. The topological polar surface area (TPSA) is 59.6 Å². The number of nitrogens with one attached hydrogen (secondary N) is 1. The second-order valence-corrected chi connectivity index (χ2v) is 9.20. The number of piperidine rings is 1. The van der Waals surface area contributed by atoms with E-state index in [2.05, 4.69) is 41.9 Å². The van der Waals surface area contributed by atoms with Gasteiger partial charge in [-0.15, -0.1) is 0 Å². The van der Waals surface area contributed by atoms with E-state index in [4.69, 9.17) is 0 Å². The van der Waals surface area contributed by atoms with Crippen molar-refractivity contribution in [2.24, 2.45) is 5.92 Å². The fourth-order valence-electron chi connectivity index (χ4n) is 4.96.